The Morgan fingerprint density at radius 3 is 2.54 bits per heavy atom. The minimum Gasteiger partial charge on any atom is -0.505 e. The van der Waals surface area contributed by atoms with E-state index in [4.69, 9.17) is 5.11 Å². The van der Waals surface area contributed by atoms with Gasteiger partial charge in [-0.3, -0.25) is 9.59 Å². The first-order chi connectivity index (χ1) is 13.1. The lowest BCUT2D eigenvalue weighted by atomic mass is 10.0. The van der Waals surface area contributed by atoms with Crippen LogP contribution in [0.15, 0.2) is 30.6 Å². The summed E-state index contributed by atoms with van der Waals surface area (Å²) in [7, 11) is 0. The van der Waals surface area contributed by atoms with Crippen LogP contribution in [0, 0.1) is 5.82 Å². The van der Waals surface area contributed by atoms with E-state index in [2.05, 4.69) is 10.1 Å². The Labute approximate surface area is 153 Å². The van der Waals surface area contributed by atoms with E-state index < -0.39 is 47.4 Å². The van der Waals surface area contributed by atoms with Crippen LogP contribution in [0.5, 0.6) is 5.75 Å². The zero-order valence-electron chi connectivity index (χ0n) is 13.7. The number of carbonyl (C=O) groups is 2. The van der Waals surface area contributed by atoms with Gasteiger partial charge in [-0.25, -0.2) is 13.9 Å². The molecule has 0 bridgehead atoms. The summed E-state index contributed by atoms with van der Waals surface area (Å²) in [5.41, 5.74) is -2.24. The Morgan fingerprint density at radius 1 is 1.18 bits per heavy atom. The van der Waals surface area contributed by atoms with Crippen LogP contribution in [0.4, 0.5) is 17.6 Å². The van der Waals surface area contributed by atoms with Gasteiger partial charge in [-0.15, -0.1) is 0 Å². The van der Waals surface area contributed by atoms with E-state index in [-0.39, 0.29) is 16.8 Å². The van der Waals surface area contributed by atoms with Crippen LogP contribution < -0.4 is 5.32 Å². The first-order valence-corrected chi connectivity index (χ1v) is 7.52. The lowest BCUT2D eigenvalue weighted by Gasteiger charge is -2.13. The molecule has 146 valence electrons. The highest BCUT2D eigenvalue weighted by Gasteiger charge is 2.32. The molecule has 28 heavy (non-hydrogen) atoms. The number of benzene rings is 1. The molecule has 3 aromatic rings. The van der Waals surface area contributed by atoms with Gasteiger partial charge in [0.2, 0.25) is 0 Å². The number of halogens is 4. The second-order valence-electron chi connectivity index (χ2n) is 5.59. The van der Waals surface area contributed by atoms with E-state index in [0.29, 0.717) is 12.1 Å². The highest BCUT2D eigenvalue weighted by Crippen LogP contribution is 2.35. The smallest absolute Gasteiger partial charge is 0.416 e. The van der Waals surface area contributed by atoms with Crippen molar-refractivity contribution >= 4 is 17.5 Å². The molecule has 0 saturated heterocycles. The number of nitrogens with zero attached hydrogens (tertiary/aromatic N) is 3. The zero-order valence-corrected chi connectivity index (χ0v) is 13.7. The number of hydrogen-bond donors (Lipinski definition) is 3. The zero-order chi connectivity index (χ0) is 20.6. The highest BCUT2D eigenvalue weighted by molar-refractivity contribution is 5.98. The van der Waals surface area contributed by atoms with Gasteiger partial charge in [0.1, 0.15) is 24.4 Å². The molecule has 0 fully saturated rings. The molecule has 0 unspecified atom stereocenters. The van der Waals surface area contributed by atoms with Gasteiger partial charge >= 0.3 is 12.1 Å². The largest absolute Gasteiger partial charge is 0.505 e. The normalized spacial score (nSPS) is 11.6. The lowest BCUT2D eigenvalue weighted by molar-refractivity contribution is -0.138. The SMILES string of the molecule is O=C(O)CNC(=O)c1c(O)cc(-c2cc(F)cc(C(F)(F)F)c2)c2ncnn12. The molecule has 2 aromatic heterocycles. The van der Waals surface area contributed by atoms with E-state index in [9.17, 15) is 32.3 Å². The van der Waals surface area contributed by atoms with Gasteiger partial charge in [-0.05, 0) is 29.8 Å². The standard InChI is InChI=1S/C16H10F4N4O4/c17-9-2-7(1-8(3-9)16(18,19)20)10-4-11(25)13(15(28)21-5-12(26)27)24-14(10)22-6-23-24/h1-4,6,25H,5H2,(H,21,28)(H,26,27). The van der Waals surface area contributed by atoms with E-state index in [0.717, 1.165) is 23.0 Å². The number of hydrogen-bond acceptors (Lipinski definition) is 5. The first-order valence-electron chi connectivity index (χ1n) is 7.52. The number of aliphatic carboxylic acids is 1. The quantitative estimate of drug-likeness (QED) is 0.580. The summed E-state index contributed by atoms with van der Waals surface area (Å²) >= 11 is 0. The first kappa shape index (κ1) is 19.1. The predicted octanol–water partition coefficient (Wildman–Crippen LogP) is 2.07. The average Bonchev–Trinajstić information content (AvgIpc) is 3.06. The molecule has 0 aliphatic carbocycles. The van der Waals surface area contributed by atoms with Gasteiger partial charge in [0.15, 0.2) is 11.3 Å². The van der Waals surface area contributed by atoms with Gasteiger partial charge in [0, 0.05) is 5.56 Å². The van der Waals surface area contributed by atoms with Gasteiger partial charge < -0.3 is 15.5 Å². The average molecular weight is 398 g/mol. The number of rotatable bonds is 4. The van der Waals surface area contributed by atoms with E-state index >= 15 is 0 Å². The Balaban J connectivity index is 2.17. The molecule has 0 aliphatic heterocycles. The number of amides is 1. The van der Waals surface area contributed by atoms with Crippen molar-refractivity contribution < 1.29 is 37.4 Å². The number of aromatic hydroxyl groups is 1. The third-order valence-electron chi connectivity index (χ3n) is 3.68. The number of aromatic nitrogens is 3. The minimum atomic E-state index is -4.81. The Kier molecular flexibility index (Phi) is 4.63. The van der Waals surface area contributed by atoms with Crippen molar-refractivity contribution in [1.29, 1.82) is 0 Å². The van der Waals surface area contributed by atoms with Crippen LogP contribution in [-0.2, 0) is 11.0 Å². The maximum Gasteiger partial charge on any atom is 0.416 e. The minimum absolute atomic E-state index is 0.116. The molecule has 0 radical (unpaired) electrons. The van der Waals surface area contributed by atoms with Crippen molar-refractivity contribution in [3.05, 3.63) is 47.7 Å². The number of pyridine rings is 1. The van der Waals surface area contributed by atoms with Crippen LogP contribution in [0.2, 0.25) is 0 Å². The summed E-state index contributed by atoms with van der Waals surface area (Å²) in [5, 5.41) is 24.6. The molecule has 12 heteroatoms. The van der Waals surface area contributed by atoms with E-state index in [1.165, 1.54) is 0 Å². The van der Waals surface area contributed by atoms with Crippen molar-refractivity contribution in [3.63, 3.8) is 0 Å². The third kappa shape index (κ3) is 3.56. The highest BCUT2D eigenvalue weighted by atomic mass is 19.4. The number of carboxylic acid groups (broad SMARTS) is 1. The molecule has 1 aromatic carbocycles. The number of nitrogens with one attached hydrogen (secondary N) is 1. The number of carboxylic acids is 1. The van der Waals surface area contributed by atoms with Crippen LogP contribution in [0.1, 0.15) is 16.1 Å². The summed E-state index contributed by atoms with van der Waals surface area (Å²) in [4.78, 5) is 26.6. The Morgan fingerprint density at radius 2 is 1.89 bits per heavy atom. The van der Waals surface area contributed by atoms with Gasteiger partial charge in [-0.2, -0.15) is 18.3 Å². The fraction of sp³-hybridized carbons (Fsp3) is 0.125. The van der Waals surface area contributed by atoms with Crippen molar-refractivity contribution in [3.8, 4) is 16.9 Å². The fourth-order valence-electron chi connectivity index (χ4n) is 2.54. The number of fused-ring (bicyclic) bond motifs is 1. The molecule has 0 saturated carbocycles. The summed E-state index contributed by atoms with van der Waals surface area (Å²) in [6.07, 6.45) is -3.84. The molecule has 8 nitrogen and oxygen atoms in total. The fourth-order valence-corrected chi connectivity index (χ4v) is 2.54. The Bertz CT molecular complexity index is 1090. The monoisotopic (exact) mass is 398 g/mol. The van der Waals surface area contributed by atoms with Crippen molar-refractivity contribution in [2.24, 2.45) is 0 Å². The predicted molar refractivity (Wildman–Crippen MR) is 85.0 cm³/mol. The van der Waals surface area contributed by atoms with Crippen molar-refractivity contribution in [2.75, 3.05) is 6.54 Å². The molecule has 0 spiro atoms. The van der Waals surface area contributed by atoms with Crippen LogP contribution in [-0.4, -0.2) is 43.2 Å². The maximum absolute atomic E-state index is 13.7. The topological polar surface area (TPSA) is 117 Å². The second-order valence-corrected chi connectivity index (χ2v) is 5.59. The van der Waals surface area contributed by atoms with Crippen LogP contribution >= 0.6 is 0 Å². The molecule has 3 rings (SSSR count). The molecule has 0 aliphatic rings. The molecular weight excluding hydrogens is 388 g/mol. The number of alkyl halides is 3. The lowest BCUT2D eigenvalue weighted by Crippen LogP contribution is -2.31. The molecule has 0 atom stereocenters. The van der Waals surface area contributed by atoms with E-state index in [1.54, 1.807) is 0 Å². The van der Waals surface area contributed by atoms with Crippen molar-refractivity contribution in [2.45, 2.75) is 6.18 Å². The second kappa shape index (κ2) is 6.79. The van der Waals surface area contributed by atoms with Crippen molar-refractivity contribution in [1.82, 2.24) is 19.9 Å². The summed E-state index contributed by atoms with van der Waals surface area (Å²) in [6, 6.07) is 2.71. The molecule has 3 N–H and O–H groups in total. The van der Waals surface area contributed by atoms with Crippen LogP contribution in [0.25, 0.3) is 16.8 Å². The van der Waals surface area contributed by atoms with Gasteiger partial charge in [0.25, 0.3) is 5.91 Å². The summed E-state index contributed by atoms with van der Waals surface area (Å²) in [6.45, 7) is -0.741. The van der Waals surface area contributed by atoms with Crippen LogP contribution in [0.3, 0.4) is 0 Å². The molecular formula is C16H10F4N4O4. The number of carbonyl (C=O) groups excluding carboxylic acids is 1. The summed E-state index contributed by atoms with van der Waals surface area (Å²) < 4.78 is 53.4. The molecule has 2 heterocycles. The maximum atomic E-state index is 13.7. The van der Waals surface area contributed by atoms with Gasteiger partial charge in [0.05, 0.1) is 5.56 Å². The van der Waals surface area contributed by atoms with Gasteiger partial charge in [-0.1, -0.05) is 0 Å². The Hall–Kier alpha value is -3.70. The molecule has 1 amide bonds. The summed E-state index contributed by atoms with van der Waals surface area (Å²) in [5.74, 6) is -4.21. The van der Waals surface area contributed by atoms with E-state index in [1.807, 2.05) is 5.32 Å². The third-order valence-corrected chi connectivity index (χ3v) is 3.68.